The number of rotatable bonds is 4. The monoisotopic (exact) mass is 284 g/mol. The van der Waals surface area contributed by atoms with Gasteiger partial charge in [0.1, 0.15) is 5.75 Å². The summed E-state index contributed by atoms with van der Waals surface area (Å²) in [7, 11) is 4.44. The van der Waals surface area contributed by atoms with E-state index in [0.717, 1.165) is 17.8 Å². The maximum atomic E-state index is 11.7. The number of nitro benzene ring substituents is 1. The first kappa shape index (κ1) is 15.0. The lowest BCUT2D eigenvalue weighted by Crippen LogP contribution is -2.16. The van der Waals surface area contributed by atoms with E-state index in [-0.39, 0.29) is 27.1 Å². The fraction of sp³-hybridized carbons (Fsp3) is 0.273. The second kappa shape index (κ2) is 6.19. The molecule has 1 amide bonds. The van der Waals surface area contributed by atoms with Gasteiger partial charge in [-0.2, -0.15) is 0 Å². The number of amides is 1. The fourth-order valence-corrected chi connectivity index (χ4v) is 2.07. The smallest absolute Gasteiger partial charge is 0.286 e. The molecule has 0 aromatic heterocycles. The second-order valence-electron chi connectivity index (χ2n) is 3.70. The maximum absolute atomic E-state index is 11.7. The molecule has 0 radical (unpaired) electrons. The van der Waals surface area contributed by atoms with E-state index in [1.54, 1.807) is 14.1 Å². The maximum Gasteiger partial charge on any atom is 0.286 e. The molecule has 0 bridgehead atoms. The van der Waals surface area contributed by atoms with Gasteiger partial charge in [0.25, 0.3) is 10.9 Å². The number of benzene rings is 1. The number of aldehydes is 1. The number of nitro groups is 1. The summed E-state index contributed by atoms with van der Waals surface area (Å²) < 4.78 is 5.00. The fourth-order valence-electron chi connectivity index (χ4n) is 1.24. The molecule has 1 aromatic rings. The molecule has 0 atom stereocenters. The highest BCUT2D eigenvalue weighted by Gasteiger charge is 2.20. The highest BCUT2D eigenvalue weighted by Crippen LogP contribution is 2.36. The minimum absolute atomic E-state index is 0.0475. The Morgan fingerprint density at radius 2 is 2.11 bits per heavy atom. The van der Waals surface area contributed by atoms with Crippen molar-refractivity contribution in [1.82, 2.24) is 4.90 Å². The Morgan fingerprint density at radius 1 is 1.47 bits per heavy atom. The van der Waals surface area contributed by atoms with Crippen LogP contribution in [0, 0.1) is 10.1 Å². The highest BCUT2D eigenvalue weighted by atomic mass is 32.2. The zero-order valence-corrected chi connectivity index (χ0v) is 11.4. The zero-order valence-electron chi connectivity index (χ0n) is 10.6. The number of nitrogens with zero attached hydrogens (tertiary/aromatic N) is 2. The Kier molecular flexibility index (Phi) is 4.87. The molecule has 0 N–H and O–H groups in total. The lowest BCUT2D eigenvalue weighted by molar-refractivity contribution is -0.385. The molecular weight excluding hydrogens is 272 g/mol. The van der Waals surface area contributed by atoms with Crippen LogP contribution in [0.4, 0.5) is 10.5 Å². The van der Waals surface area contributed by atoms with Gasteiger partial charge in [0, 0.05) is 25.7 Å². The van der Waals surface area contributed by atoms with Crippen LogP contribution in [-0.4, -0.2) is 42.6 Å². The number of hydrogen-bond acceptors (Lipinski definition) is 6. The van der Waals surface area contributed by atoms with Gasteiger partial charge in [-0.3, -0.25) is 19.7 Å². The first-order valence-electron chi connectivity index (χ1n) is 5.11. The lowest BCUT2D eigenvalue weighted by atomic mass is 10.2. The molecule has 0 unspecified atom stereocenters. The van der Waals surface area contributed by atoms with Crippen molar-refractivity contribution in [3.05, 3.63) is 27.8 Å². The number of hydrogen-bond donors (Lipinski definition) is 0. The van der Waals surface area contributed by atoms with Crippen molar-refractivity contribution in [3.63, 3.8) is 0 Å². The van der Waals surface area contributed by atoms with E-state index in [1.807, 2.05) is 0 Å². The van der Waals surface area contributed by atoms with E-state index in [2.05, 4.69) is 0 Å². The number of carbonyl (C=O) groups excluding carboxylic acids is 2. The SMILES string of the molecule is COc1cc([N+](=O)[O-])cc(C=O)c1SC(=O)N(C)C. The molecule has 19 heavy (non-hydrogen) atoms. The summed E-state index contributed by atoms with van der Waals surface area (Å²) >= 11 is 0.783. The van der Waals surface area contributed by atoms with Crippen LogP contribution in [0.1, 0.15) is 10.4 Å². The predicted molar refractivity (Wildman–Crippen MR) is 70.0 cm³/mol. The molecule has 1 rings (SSSR count). The van der Waals surface area contributed by atoms with Gasteiger partial charge in [-0.15, -0.1) is 0 Å². The summed E-state index contributed by atoms with van der Waals surface area (Å²) in [4.78, 5) is 34.4. The summed E-state index contributed by atoms with van der Waals surface area (Å²) in [5.41, 5.74) is -0.216. The van der Waals surface area contributed by atoms with E-state index in [4.69, 9.17) is 4.74 Å². The van der Waals surface area contributed by atoms with Crippen LogP contribution in [-0.2, 0) is 0 Å². The zero-order chi connectivity index (χ0) is 14.6. The number of ether oxygens (including phenoxy) is 1. The van der Waals surface area contributed by atoms with Gasteiger partial charge in [-0.1, -0.05) is 0 Å². The molecule has 0 spiro atoms. The molecule has 0 saturated carbocycles. The van der Waals surface area contributed by atoms with Crippen molar-refractivity contribution < 1.29 is 19.2 Å². The van der Waals surface area contributed by atoms with Gasteiger partial charge in [0.2, 0.25) is 0 Å². The molecule has 0 saturated heterocycles. The van der Waals surface area contributed by atoms with E-state index in [0.29, 0.717) is 6.29 Å². The van der Waals surface area contributed by atoms with Crippen molar-refractivity contribution in [2.75, 3.05) is 21.2 Å². The Balaban J connectivity index is 3.32. The van der Waals surface area contributed by atoms with Crippen LogP contribution in [0.15, 0.2) is 17.0 Å². The Bertz CT molecular complexity index is 530. The molecule has 0 aliphatic heterocycles. The normalized spacial score (nSPS) is 9.84. The third-order valence-electron chi connectivity index (χ3n) is 2.18. The summed E-state index contributed by atoms with van der Waals surface area (Å²) in [6.45, 7) is 0. The van der Waals surface area contributed by atoms with Gasteiger partial charge in [0.15, 0.2) is 6.29 Å². The summed E-state index contributed by atoms with van der Waals surface area (Å²) in [6.07, 6.45) is 0.459. The van der Waals surface area contributed by atoms with Crippen LogP contribution < -0.4 is 4.74 Å². The van der Waals surface area contributed by atoms with Crippen molar-refractivity contribution in [2.24, 2.45) is 0 Å². The van der Waals surface area contributed by atoms with Crippen LogP contribution in [0.25, 0.3) is 0 Å². The number of thioether (sulfide) groups is 1. The molecule has 0 heterocycles. The average Bonchev–Trinajstić information content (AvgIpc) is 2.38. The Labute approximate surface area is 113 Å². The van der Waals surface area contributed by atoms with E-state index < -0.39 is 4.92 Å². The van der Waals surface area contributed by atoms with Crippen LogP contribution in [0.3, 0.4) is 0 Å². The second-order valence-corrected chi connectivity index (χ2v) is 4.67. The lowest BCUT2D eigenvalue weighted by Gasteiger charge is -2.13. The molecule has 0 aliphatic carbocycles. The topological polar surface area (TPSA) is 89.7 Å². The van der Waals surface area contributed by atoms with Crippen molar-refractivity contribution in [2.45, 2.75) is 4.90 Å². The average molecular weight is 284 g/mol. The van der Waals surface area contributed by atoms with Crippen LogP contribution in [0.5, 0.6) is 5.75 Å². The highest BCUT2D eigenvalue weighted by molar-refractivity contribution is 8.13. The van der Waals surface area contributed by atoms with Gasteiger partial charge < -0.3 is 9.64 Å². The predicted octanol–water partition coefficient (Wildman–Crippen LogP) is 2.19. The first-order chi connectivity index (χ1) is 8.90. The summed E-state index contributed by atoms with van der Waals surface area (Å²) in [5, 5.41) is 10.4. The minimum Gasteiger partial charge on any atom is -0.495 e. The van der Waals surface area contributed by atoms with E-state index in [9.17, 15) is 19.7 Å². The summed E-state index contributed by atoms with van der Waals surface area (Å²) in [5.74, 6) is 0.122. The van der Waals surface area contributed by atoms with Crippen molar-refractivity contribution in [1.29, 1.82) is 0 Å². The van der Waals surface area contributed by atoms with Crippen LogP contribution >= 0.6 is 11.8 Å². The first-order valence-corrected chi connectivity index (χ1v) is 5.93. The molecule has 0 aliphatic rings. The molecule has 102 valence electrons. The quantitative estimate of drug-likeness (QED) is 0.364. The molecule has 7 nitrogen and oxygen atoms in total. The van der Waals surface area contributed by atoms with Gasteiger partial charge in [0.05, 0.1) is 23.0 Å². The standard InChI is InChI=1S/C11H12N2O5S/c1-12(2)11(15)19-10-7(6-14)4-8(13(16)17)5-9(10)18-3/h4-6H,1-3H3. The third kappa shape index (κ3) is 3.44. The van der Waals surface area contributed by atoms with Crippen molar-refractivity contribution in [3.8, 4) is 5.75 Å². The Morgan fingerprint density at radius 3 is 2.53 bits per heavy atom. The number of non-ortho nitro benzene ring substituents is 1. The van der Waals surface area contributed by atoms with Crippen LogP contribution in [0.2, 0.25) is 0 Å². The molecule has 1 aromatic carbocycles. The molecule has 8 heteroatoms. The van der Waals surface area contributed by atoms with Crippen molar-refractivity contribution >= 4 is 29.0 Å². The molecule has 0 fully saturated rings. The number of methoxy groups -OCH3 is 1. The minimum atomic E-state index is -0.627. The Hall–Kier alpha value is -2.09. The molecular formula is C11H12N2O5S. The largest absolute Gasteiger partial charge is 0.495 e. The number of carbonyl (C=O) groups is 2. The third-order valence-corrected chi connectivity index (χ3v) is 3.36. The van der Waals surface area contributed by atoms with Gasteiger partial charge >= 0.3 is 0 Å². The summed E-state index contributed by atoms with van der Waals surface area (Å²) in [6, 6.07) is 2.29. The van der Waals surface area contributed by atoms with E-state index in [1.165, 1.54) is 18.1 Å². The van der Waals surface area contributed by atoms with Gasteiger partial charge in [-0.25, -0.2) is 0 Å². The van der Waals surface area contributed by atoms with E-state index >= 15 is 0 Å². The van der Waals surface area contributed by atoms with Gasteiger partial charge in [-0.05, 0) is 11.8 Å².